The molecule has 8 heteroatoms. The van der Waals surface area contributed by atoms with Crippen LogP contribution in [0.2, 0.25) is 0 Å². The predicted molar refractivity (Wildman–Crippen MR) is 97.7 cm³/mol. The fraction of sp³-hybridized carbons (Fsp3) is 0.333. The lowest BCUT2D eigenvalue weighted by molar-refractivity contribution is -0.138. The quantitative estimate of drug-likeness (QED) is 0.658. The van der Waals surface area contributed by atoms with Gasteiger partial charge in [0.1, 0.15) is 17.5 Å². The molecule has 140 valence electrons. The Kier molecular flexibility index (Phi) is 7.11. The molecule has 1 aromatic heterocycles. The molecular formula is C18H22N2O5S. The van der Waals surface area contributed by atoms with Crippen molar-refractivity contribution in [3.05, 3.63) is 54.4 Å². The van der Waals surface area contributed by atoms with Crippen LogP contribution in [0.1, 0.15) is 25.3 Å². The smallest absolute Gasteiger partial charge is 0.322 e. The van der Waals surface area contributed by atoms with E-state index in [0.29, 0.717) is 23.5 Å². The number of hydrogen-bond donors (Lipinski definition) is 2. The Morgan fingerprint density at radius 2 is 1.77 bits per heavy atom. The second-order valence-electron chi connectivity index (χ2n) is 5.81. The van der Waals surface area contributed by atoms with Gasteiger partial charge in [-0.25, -0.2) is 13.1 Å². The van der Waals surface area contributed by atoms with Crippen molar-refractivity contribution in [2.75, 3.05) is 5.75 Å². The molecule has 1 heterocycles. The van der Waals surface area contributed by atoms with E-state index in [-0.39, 0.29) is 12.2 Å². The highest BCUT2D eigenvalue weighted by atomic mass is 32.2. The van der Waals surface area contributed by atoms with Crippen molar-refractivity contribution in [1.82, 2.24) is 9.71 Å². The second-order valence-corrected chi connectivity index (χ2v) is 7.69. The minimum atomic E-state index is -3.62. The number of hydrogen-bond acceptors (Lipinski definition) is 5. The summed E-state index contributed by atoms with van der Waals surface area (Å²) in [4.78, 5) is 15.3. The van der Waals surface area contributed by atoms with E-state index in [1.807, 2.05) is 6.92 Å². The molecule has 0 radical (unpaired) electrons. The summed E-state index contributed by atoms with van der Waals surface area (Å²) in [6.07, 6.45) is 4.49. The molecule has 0 aliphatic heterocycles. The second kappa shape index (κ2) is 9.30. The Morgan fingerprint density at radius 3 is 2.35 bits per heavy atom. The van der Waals surface area contributed by atoms with Crippen molar-refractivity contribution in [2.45, 2.75) is 32.2 Å². The molecule has 2 N–H and O–H groups in total. The lowest BCUT2D eigenvalue weighted by Crippen LogP contribution is -2.43. The number of benzene rings is 1. The number of rotatable bonds is 10. The molecule has 0 aliphatic carbocycles. The normalized spacial score (nSPS) is 12.5. The molecule has 1 atom stereocenters. The Labute approximate surface area is 153 Å². The van der Waals surface area contributed by atoms with E-state index in [1.165, 1.54) is 0 Å². The average Bonchev–Trinajstić information content (AvgIpc) is 2.62. The summed E-state index contributed by atoms with van der Waals surface area (Å²) in [7, 11) is -3.62. The molecule has 0 amide bonds. The first-order valence-corrected chi connectivity index (χ1v) is 9.94. The van der Waals surface area contributed by atoms with Crippen LogP contribution in [0.5, 0.6) is 11.5 Å². The zero-order chi connectivity index (χ0) is 19.0. The number of aliphatic carboxylic acids is 1. The standard InChI is InChI=1S/C18H22N2O5S/c1-2-3-12-26(23,24)20-17(18(21)22)13-14-4-6-15(7-5-14)25-16-8-10-19-11-9-16/h4-11,17,20H,2-3,12-13H2,1H3,(H,21,22). The number of unbranched alkanes of at least 4 members (excludes halogenated alkanes) is 1. The van der Waals surface area contributed by atoms with E-state index in [0.717, 1.165) is 6.42 Å². The van der Waals surface area contributed by atoms with Gasteiger partial charge in [0.15, 0.2) is 0 Å². The van der Waals surface area contributed by atoms with Gasteiger partial charge in [-0.15, -0.1) is 0 Å². The Balaban J connectivity index is 2.01. The van der Waals surface area contributed by atoms with E-state index in [4.69, 9.17) is 4.74 Å². The predicted octanol–water partition coefficient (Wildman–Crippen LogP) is 2.59. The maximum atomic E-state index is 12.0. The van der Waals surface area contributed by atoms with Crippen molar-refractivity contribution < 1.29 is 23.1 Å². The SMILES string of the molecule is CCCCS(=O)(=O)NC(Cc1ccc(Oc2ccncc2)cc1)C(=O)O. The van der Waals surface area contributed by atoms with Crippen LogP contribution in [-0.2, 0) is 21.2 Å². The lowest BCUT2D eigenvalue weighted by Gasteiger charge is -2.15. The van der Waals surface area contributed by atoms with Gasteiger partial charge >= 0.3 is 5.97 Å². The van der Waals surface area contributed by atoms with Crippen LogP contribution < -0.4 is 9.46 Å². The van der Waals surface area contributed by atoms with Crippen LogP contribution in [0.15, 0.2) is 48.8 Å². The number of nitrogens with zero attached hydrogens (tertiary/aromatic N) is 1. The van der Waals surface area contributed by atoms with Crippen molar-refractivity contribution >= 4 is 16.0 Å². The van der Waals surface area contributed by atoms with Crippen molar-refractivity contribution in [2.24, 2.45) is 0 Å². The van der Waals surface area contributed by atoms with Crippen LogP contribution in [0.25, 0.3) is 0 Å². The number of ether oxygens (including phenoxy) is 1. The molecule has 26 heavy (non-hydrogen) atoms. The summed E-state index contributed by atoms with van der Waals surface area (Å²) in [5.41, 5.74) is 0.692. The van der Waals surface area contributed by atoms with Crippen LogP contribution in [-0.4, -0.2) is 36.3 Å². The molecule has 0 saturated carbocycles. The zero-order valence-corrected chi connectivity index (χ0v) is 15.3. The topological polar surface area (TPSA) is 106 Å². The highest BCUT2D eigenvalue weighted by Gasteiger charge is 2.24. The average molecular weight is 378 g/mol. The van der Waals surface area contributed by atoms with Crippen LogP contribution in [0.3, 0.4) is 0 Å². The minimum Gasteiger partial charge on any atom is -0.480 e. The molecule has 2 aromatic rings. The summed E-state index contributed by atoms with van der Waals surface area (Å²) < 4.78 is 31.8. The fourth-order valence-electron chi connectivity index (χ4n) is 2.26. The number of sulfonamides is 1. The number of nitrogens with one attached hydrogen (secondary N) is 1. The molecule has 0 spiro atoms. The van der Waals surface area contributed by atoms with E-state index < -0.39 is 22.0 Å². The first-order valence-electron chi connectivity index (χ1n) is 8.29. The van der Waals surface area contributed by atoms with Gasteiger partial charge in [0.05, 0.1) is 5.75 Å². The fourth-order valence-corrected chi connectivity index (χ4v) is 3.67. The van der Waals surface area contributed by atoms with Crippen molar-refractivity contribution in [1.29, 1.82) is 0 Å². The molecule has 1 aromatic carbocycles. The van der Waals surface area contributed by atoms with Gasteiger partial charge in [-0.05, 0) is 42.7 Å². The number of aromatic nitrogens is 1. The van der Waals surface area contributed by atoms with Crippen LogP contribution >= 0.6 is 0 Å². The van der Waals surface area contributed by atoms with E-state index in [9.17, 15) is 18.3 Å². The zero-order valence-electron chi connectivity index (χ0n) is 14.5. The molecule has 2 rings (SSSR count). The highest BCUT2D eigenvalue weighted by molar-refractivity contribution is 7.89. The third kappa shape index (κ3) is 6.45. The van der Waals surface area contributed by atoms with Gasteiger partial charge < -0.3 is 9.84 Å². The van der Waals surface area contributed by atoms with Gasteiger partial charge in [0.2, 0.25) is 10.0 Å². The summed E-state index contributed by atoms with van der Waals surface area (Å²) in [6.45, 7) is 1.87. The number of carboxylic acid groups (broad SMARTS) is 1. The van der Waals surface area contributed by atoms with Gasteiger partial charge in [-0.3, -0.25) is 9.78 Å². The molecular weight excluding hydrogens is 356 g/mol. The summed E-state index contributed by atoms with van der Waals surface area (Å²) in [5.74, 6) is -0.0520. The first kappa shape index (κ1) is 19.9. The Bertz CT molecular complexity index is 807. The van der Waals surface area contributed by atoms with Gasteiger partial charge in [0.25, 0.3) is 0 Å². The number of carbonyl (C=O) groups is 1. The number of pyridine rings is 1. The number of carboxylic acids is 1. The summed E-state index contributed by atoms with van der Waals surface area (Å²) in [5, 5.41) is 9.32. The largest absolute Gasteiger partial charge is 0.480 e. The van der Waals surface area contributed by atoms with Crippen molar-refractivity contribution in [3.63, 3.8) is 0 Å². The third-order valence-electron chi connectivity index (χ3n) is 3.64. The van der Waals surface area contributed by atoms with E-state index >= 15 is 0 Å². The van der Waals surface area contributed by atoms with Crippen molar-refractivity contribution in [3.8, 4) is 11.5 Å². The molecule has 0 fully saturated rings. The molecule has 0 saturated heterocycles. The van der Waals surface area contributed by atoms with Gasteiger partial charge in [-0.1, -0.05) is 25.5 Å². The molecule has 1 unspecified atom stereocenters. The van der Waals surface area contributed by atoms with Gasteiger partial charge in [-0.2, -0.15) is 0 Å². The molecule has 0 bridgehead atoms. The highest BCUT2D eigenvalue weighted by Crippen LogP contribution is 2.21. The maximum absolute atomic E-state index is 12.0. The first-order chi connectivity index (χ1) is 12.4. The monoisotopic (exact) mass is 378 g/mol. The summed E-state index contributed by atoms with van der Waals surface area (Å²) in [6, 6.07) is 9.09. The minimum absolute atomic E-state index is 0.0518. The Hall–Kier alpha value is -2.45. The van der Waals surface area contributed by atoms with Crippen LogP contribution in [0, 0.1) is 0 Å². The molecule has 0 aliphatic rings. The van der Waals surface area contributed by atoms with E-state index in [2.05, 4.69) is 9.71 Å². The van der Waals surface area contributed by atoms with E-state index in [1.54, 1.807) is 48.8 Å². The molecule has 7 nitrogen and oxygen atoms in total. The van der Waals surface area contributed by atoms with Gasteiger partial charge in [0, 0.05) is 12.4 Å². The lowest BCUT2D eigenvalue weighted by atomic mass is 10.1. The summed E-state index contributed by atoms with van der Waals surface area (Å²) >= 11 is 0. The maximum Gasteiger partial charge on any atom is 0.322 e. The third-order valence-corrected chi connectivity index (χ3v) is 5.10. The van der Waals surface area contributed by atoms with Crippen LogP contribution in [0.4, 0.5) is 0 Å². The Morgan fingerprint density at radius 1 is 1.15 bits per heavy atom.